The third-order valence-corrected chi connectivity index (χ3v) is 5.72. The number of rotatable bonds is 7. The van der Waals surface area contributed by atoms with Crippen molar-refractivity contribution in [2.24, 2.45) is 5.92 Å². The van der Waals surface area contributed by atoms with Gasteiger partial charge in [-0.2, -0.15) is 17.4 Å². The molecule has 0 bridgehead atoms. The molecule has 0 amide bonds. The van der Waals surface area contributed by atoms with Crippen LogP contribution in [0.1, 0.15) is 46.0 Å². The van der Waals surface area contributed by atoms with Gasteiger partial charge in [-0.25, -0.2) is 0 Å². The van der Waals surface area contributed by atoms with Crippen molar-refractivity contribution in [1.82, 2.24) is 14.3 Å². The highest BCUT2D eigenvalue weighted by Crippen LogP contribution is 2.24. The van der Waals surface area contributed by atoms with Gasteiger partial charge in [-0.1, -0.05) is 6.92 Å². The van der Waals surface area contributed by atoms with E-state index in [1.165, 1.54) is 0 Å². The molecular weight excluding hydrogens is 262 g/mol. The van der Waals surface area contributed by atoms with Crippen LogP contribution in [-0.4, -0.2) is 44.4 Å². The minimum absolute atomic E-state index is 0.195. The van der Waals surface area contributed by atoms with Crippen LogP contribution >= 0.6 is 0 Å². The molecule has 1 heterocycles. The van der Waals surface area contributed by atoms with E-state index in [1.54, 1.807) is 4.31 Å². The molecule has 5 nitrogen and oxygen atoms in total. The highest BCUT2D eigenvalue weighted by atomic mass is 32.2. The molecule has 2 fully saturated rings. The predicted octanol–water partition coefficient (Wildman–Crippen LogP) is 1.08. The number of nitrogens with one attached hydrogen (secondary N) is 2. The van der Waals surface area contributed by atoms with Crippen molar-refractivity contribution in [2.45, 2.75) is 58.0 Å². The van der Waals surface area contributed by atoms with Crippen molar-refractivity contribution < 1.29 is 8.42 Å². The van der Waals surface area contributed by atoms with Crippen LogP contribution in [0.5, 0.6) is 0 Å². The average molecular weight is 289 g/mol. The first-order valence-corrected chi connectivity index (χ1v) is 8.97. The molecule has 2 unspecified atom stereocenters. The third kappa shape index (κ3) is 4.41. The van der Waals surface area contributed by atoms with Crippen LogP contribution in [0.15, 0.2) is 0 Å². The van der Waals surface area contributed by atoms with Crippen LogP contribution in [0.2, 0.25) is 0 Å². The number of hydrogen-bond acceptors (Lipinski definition) is 3. The topological polar surface area (TPSA) is 61.4 Å². The van der Waals surface area contributed by atoms with Gasteiger partial charge >= 0.3 is 0 Å². The number of nitrogens with zero attached hydrogens (tertiary/aromatic N) is 1. The number of hydrogen-bond donors (Lipinski definition) is 2. The normalized spacial score (nSPS) is 27.4. The number of piperidine rings is 1. The van der Waals surface area contributed by atoms with Gasteiger partial charge in [0.05, 0.1) is 0 Å². The molecule has 0 aromatic carbocycles. The fourth-order valence-electron chi connectivity index (χ4n) is 2.63. The van der Waals surface area contributed by atoms with E-state index in [2.05, 4.69) is 23.9 Å². The lowest BCUT2D eigenvalue weighted by atomic mass is 9.93. The zero-order valence-electron chi connectivity index (χ0n) is 12.1. The summed E-state index contributed by atoms with van der Waals surface area (Å²) in [5, 5.41) is 3.49. The lowest BCUT2D eigenvalue weighted by Crippen LogP contribution is -2.50. The molecule has 1 saturated carbocycles. The molecule has 2 aliphatic rings. The molecular formula is C13H27N3O2S. The lowest BCUT2D eigenvalue weighted by molar-refractivity contribution is 0.222. The molecule has 1 saturated heterocycles. The third-order valence-electron chi connectivity index (χ3n) is 4.08. The van der Waals surface area contributed by atoms with Gasteiger partial charge in [0, 0.05) is 25.2 Å². The smallest absolute Gasteiger partial charge is 0.279 e. The van der Waals surface area contributed by atoms with E-state index >= 15 is 0 Å². The molecule has 2 rings (SSSR count). The second-order valence-corrected chi connectivity index (χ2v) is 7.60. The van der Waals surface area contributed by atoms with Gasteiger partial charge in [0.2, 0.25) is 0 Å². The van der Waals surface area contributed by atoms with Crippen molar-refractivity contribution in [3.63, 3.8) is 0 Å². The Hall–Kier alpha value is -0.170. The maximum Gasteiger partial charge on any atom is 0.279 e. The van der Waals surface area contributed by atoms with E-state index in [1.807, 2.05) is 0 Å². The summed E-state index contributed by atoms with van der Waals surface area (Å²) in [4.78, 5) is 0. The highest BCUT2D eigenvalue weighted by Gasteiger charge is 2.34. The van der Waals surface area contributed by atoms with E-state index < -0.39 is 10.2 Å². The quantitative estimate of drug-likeness (QED) is 0.737. The predicted molar refractivity (Wildman–Crippen MR) is 77.1 cm³/mol. The monoisotopic (exact) mass is 289 g/mol. The van der Waals surface area contributed by atoms with E-state index in [4.69, 9.17) is 0 Å². The SMILES string of the molecule is CCCNC(C)C1CCCN(S(=O)(=O)NC2CC2)C1. The van der Waals surface area contributed by atoms with Crippen LogP contribution in [0.4, 0.5) is 0 Å². The van der Waals surface area contributed by atoms with E-state index in [0.29, 0.717) is 25.0 Å². The average Bonchev–Trinajstić information content (AvgIpc) is 3.19. The molecule has 0 spiro atoms. The molecule has 1 aliphatic carbocycles. The zero-order valence-corrected chi connectivity index (χ0v) is 12.9. The zero-order chi connectivity index (χ0) is 13.9. The van der Waals surface area contributed by atoms with Crippen LogP contribution < -0.4 is 10.0 Å². The fourth-order valence-corrected chi connectivity index (χ4v) is 4.19. The van der Waals surface area contributed by atoms with Crippen molar-refractivity contribution in [2.75, 3.05) is 19.6 Å². The second kappa shape index (κ2) is 6.52. The summed E-state index contributed by atoms with van der Waals surface area (Å²) in [6.07, 6.45) is 5.18. The fraction of sp³-hybridized carbons (Fsp3) is 1.00. The summed E-state index contributed by atoms with van der Waals surface area (Å²) in [5.41, 5.74) is 0. The molecule has 2 N–H and O–H groups in total. The minimum atomic E-state index is -3.25. The van der Waals surface area contributed by atoms with Gasteiger partial charge < -0.3 is 5.32 Å². The standard InChI is InChI=1S/C13H27N3O2S/c1-3-8-14-11(2)12-5-4-9-16(10-12)19(17,18)15-13-6-7-13/h11-15H,3-10H2,1-2H3. The first-order valence-electron chi connectivity index (χ1n) is 7.53. The molecule has 0 aromatic rings. The Balaban J connectivity index is 1.88. The molecule has 1 aliphatic heterocycles. The van der Waals surface area contributed by atoms with Gasteiger partial charge in [-0.05, 0) is 51.5 Å². The summed E-state index contributed by atoms with van der Waals surface area (Å²) >= 11 is 0. The molecule has 6 heteroatoms. The van der Waals surface area contributed by atoms with Gasteiger partial charge in [0.15, 0.2) is 0 Å². The van der Waals surface area contributed by atoms with Crippen LogP contribution in [0.25, 0.3) is 0 Å². The second-order valence-electron chi connectivity index (χ2n) is 5.90. The molecule has 0 aromatic heterocycles. The van der Waals surface area contributed by atoms with Crippen LogP contribution in [0, 0.1) is 5.92 Å². The summed E-state index contributed by atoms with van der Waals surface area (Å²) < 4.78 is 28.8. The Morgan fingerprint density at radius 1 is 1.32 bits per heavy atom. The molecule has 19 heavy (non-hydrogen) atoms. The minimum Gasteiger partial charge on any atom is -0.314 e. The summed E-state index contributed by atoms with van der Waals surface area (Å²) in [7, 11) is -3.25. The first kappa shape index (κ1) is 15.2. The van der Waals surface area contributed by atoms with Crippen molar-refractivity contribution in [3.05, 3.63) is 0 Å². The first-order chi connectivity index (χ1) is 9.03. The Kier molecular flexibility index (Phi) is 5.22. The molecule has 2 atom stereocenters. The lowest BCUT2D eigenvalue weighted by Gasteiger charge is -2.35. The largest absolute Gasteiger partial charge is 0.314 e. The summed E-state index contributed by atoms with van der Waals surface area (Å²) in [5.74, 6) is 0.427. The van der Waals surface area contributed by atoms with Gasteiger partial charge in [0.25, 0.3) is 10.2 Å². The highest BCUT2D eigenvalue weighted by molar-refractivity contribution is 7.87. The van der Waals surface area contributed by atoms with E-state index in [9.17, 15) is 8.42 Å². The van der Waals surface area contributed by atoms with Crippen molar-refractivity contribution in [1.29, 1.82) is 0 Å². The summed E-state index contributed by atoms with van der Waals surface area (Å²) in [6.45, 7) is 6.64. The van der Waals surface area contributed by atoms with Crippen LogP contribution in [0.3, 0.4) is 0 Å². The maximum atomic E-state index is 12.2. The van der Waals surface area contributed by atoms with Crippen molar-refractivity contribution in [3.8, 4) is 0 Å². The molecule has 112 valence electrons. The van der Waals surface area contributed by atoms with Crippen LogP contribution in [-0.2, 0) is 10.2 Å². The Morgan fingerprint density at radius 2 is 2.05 bits per heavy atom. The maximum absolute atomic E-state index is 12.2. The van der Waals surface area contributed by atoms with Crippen molar-refractivity contribution >= 4 is 10.2 Å². The van der Waals surface area contributed by atoms with E-state index in [-0.39, 0.29) is 6.04 Å². The van der Waals surface area contributed by atoms with Gasteiger partial charge in [0.1, 0.15) is 0 Å². The molecule has 0 radical (unpaired) electrons. The van der Waals surface area contributed by atoms with E-state index in [0.717, 1.165) is 38.6 Å². The van der Waals surface area contributed by atoms with Gasteiger partial charge in [-0.3, -0.25) is 0 Å². The van der Waals surface area contributed by atoms with Gasteiger partial charge in [-0.15, -0.1) is 0 Å². The Morgan fingerprint density at radius 3 is 2.68 bits per heavy atom. The Bertz CT molecular complexity index is 381. The summed E-state index contributed by atoms with van der Waals surface area (Å²) in [6, 6.07) is 0.583. The Labute approximate surface area is 117 Å².